The summed E-state index contributed by atoms with van der Waals surface area (Å²) in [5.74, 6) is -0.879. The van der Waals surface area contributed by atoms with Crippen LogP contribution in [0.25, 0.3) is 0 Å². The number of esters is 3. The Morgan fingerprint density at radius 2 is 0.493 bits per heavy atom. The molecule has 0 aromatic heterocycles. The second-order valence-electron chi connectivity index (χ2n) is 21.3. The molecule has 73 heavy (non-hydrogen) atoms. The van der Waals surface area contributed by atoms with Crippen molar-refractivity contribution in [3.05, 3.63) is 60.8 Å². The topological polar surface area (TPSA) is 78.9 Å². The molecule has 0 saturated heterocycles. The predicted molar refractivity (Wildman–Crippen MR) is 316 cm³/mol. The maximum atomic E-state index is 12.9. The van der Waals surface area contributed by atoms with Crippen LogP contribution in [0.5, 0.6) is 0 Å². The molecule has 424 valence electrons. The van der Waals surface area contributed by atoms with E-state index >= 15 is 0 Å². The second-order valence-corrected chi connectivity index (χ2v) is 21.3. The number of hydrogen-bond donors (Lipinski definition) is 0. The molecule has 0 fully saturated rings. The standard InChI is InChI=1S/C67H120O6/c1-4-7-10-13-16-19-22-25-28-31-34-37-39-42-45-48-51-54-57-60-66(69)72-63-64(73-67(70)61-58-55-52-49-46-43-40-36-33-30-27-24-21-18-15-12-9-6-3)62-71-65(68)59-56-53-50-47-44-41-38-35-32-29-26-23-20-17-14-11-8-5-2/h16,19,21,24-25,28-30,32-33,64H,4-15,17-18,20,22-23,26-27,31,34-63H2,1-3H3/b19-16-,24-21-,28-25-,32-29-,33-30-. The maximum Gasteiger partial charge on any atom is 0.306 e. The zero-order valence-corrected chi connectivity index (χ0v) is 48.7. The van der Waals surface area contributed by atoms with E-state index in [-0.39, 0.29) is 31.1 Å². The first-order chi connectivity index (χ1) is 36.0. The molecule has 6 nitrogen and oxygen atoms in total. The van der Waals surface area contributed by atoms with Crippen LogP contribution in [0.3, 0.4) is 0 Å². The molecule has 0 rings (SSSR count). The lowest BCUT2D eigenvalue weighted by Crippen LogP contribution is -2.30. The van der Waals surface area contributed by atoms with Gasteiger partial charge in [-0.15, -0.1) is 0 Å². The average Bonchev–Trinajstić information content (AvgIpc) is 3.39. The van der Waals surface area contributed by atoms with Gasteiger partial charge in [0, 0.05) is 19.3 Å². The summed E-state index contributed by atoms with van der Waals surface area (Å²) in [5, 5.41) is 0. The van der Waals surface area contributed by atoms with Gasteiger partial charge in [0.15, 0.2) is 6.10 Å². The molecule has 0 aliphatic rings. The highest BCUT2D eigenvalue weighted by molar-refractivity contribution is 5.71. The van der Waals surface area contributed by atoms with Gasteiger partial charge in [-0.25, -0.2) is 0 Å². The number of hydrogen-bond acceptors (Lipinski definition) is 6. The lowest BCUT2D eigenvalue weighted by molar-refractivity contribution is -0.167. The van der Waals surface area contributed by atoms with Gasteiger partial charge in [-0.1, -0.05) is 261 Å². The third-order valence-electron chi connectivity index (χ3n) is 14.0. The van der Waals surface area contributed by atoms with Crippen LogP contribution < -0.4 is 0 Å². The first kappa shape index (κ1) is 70.1. The Hall–Kier alpha value is -2.89. The van der Waals surface area contributed by atoms with Crippen molar-refractivity contribution in [2.24, 2.45) is 0 Å². The van der Waals surface area contributed by atoms with E-state index in [9.17, 15) is 14.4 Å². The summed E-state index contributed by atoms with van der Waals surface area (Å²) in [6.07, 6.45) is 77.8. The molecule has 0 aliphatic carbocycles. The molecular formula is C67H120O6. The molecule has 6 heteroatoms. The molecule has 0 aromatic carbocycles. The molecule has 0 saturated carbocycles. The number of carbonyl (C=O) groups excluding carboxylic acids is 3. The zero-order chi connectivity index (χ0) is 52.9. The van der Waals surface area contributed by atoms with E-state index in [1.807, 2.05) is 0 Å². The molecular weight excluding hydrogens is 901 g/mol. The normalized spacial score (nSPS) is 12.4. The summed E-state index contributed by atoms with van der Waals surface area (Å²) in [6.45, 7) is 6.63. The zero-order valence-electron chi connectivity index (χ0n) is 48.7. The highest BCUT2D eigenvalue weighted by Gasteiger charge is 2.19. The van der Waals surface area contributed by atoms with Gasteiger partial charge in [-0.3, -0.25) is 14.4 Å². The molecule has 0 aromatic rings. The van der Waals surface area contributed by atoms with Gasteiger partial charge in [-0.2, -0.15) is 0 Å². The van der Waals surface area contributed by atoms with E-state index in [1.165, 1.54) is 212 Å². The number of ether oxygens (including phenoxy) is 3. The Labute approximate surface area is 453 Å². The van der Waals surface area contributed by atoms with Crippen LogP contribution in [0.2, 0.25) is 0 Å². The fourth-order valence-electron chi connectivity index (χ4n) is 9.15. The fraction of sp³-hybridized carbons (Fsp3) is 0.806. The summed E-state index contributed by atoms with van der Waals surface area (Å²) < 4.78 is 16.9. The summed E-state index contributed by atoms with van der Waals surface area (Å²) in [5.41, 5.74) is 0. The molecule has 1 atom stereocenters. The molecule has 0 heterocycles. The minimum Gasteiger partial charge on any atom is -0.462 e. The van der Waals surface area contributed by atoms with Gasteiger partial charge in [0.05, 0.1) is 0 Å². The quantitative estimate of drug-likeness (QED) is 0.0261. The van der Waals surface area contributed by atoms with Crippen LogP contribution in [0.4, 0.5) is 0 Å². The minimum absolute atomic E-state index is 0.0795. The van der Waals surface area contributed by atoms with Crippen LogP contribution in [0.1, 0.15) is 329 Å². The van der Waals surface area contributed by atoms with Crippen LogP contribution >= 0.6 is 0 Å². The van der Waals surface area contributed by atoms with Crippen molar-refractivity contribution in [1.29, 1.82) is 0 Å². The fourth-order valence-corrected chi connectivity index (χ4v) is 9.15. The number of rotatable bonds is 58. The smallest absolute Gasteiger partial charge is 0.306 e. The summed E-state index contributed by atoms with van der Waals surface area (Å²) in [4.78, 5) is 38.3. The maximum absolute atomic E-state index is 12.9. The van der Waals surface area contributed by atoms with E-state index in [1.54, 1.807) is 0 Å². The number of unbranched alkanes of at least 4 members (excludes halogenated alkanes) is 37. The van der Waals surface area contributed by atoms with Crippen molar-refractivity contribution < 1.29 is 28.6 Å². The van der Waals surface area contributed by atoms with Crippen molar-refractivity contribution in [3.63, 3.8) is 0 Å². The van der Waals surface area contributed by atoms with E-state index in [2.05, 4.69) is 81.5 Å². The summed E-state index contributed by atoms with van der Waals surface area (Å²) >= 11 is 0. The summed E-state index contributed by atoms with van der Waals surface area (Å²) in [7, 11) is 0. The Balaban J connectivity index is 4.38. The highest BCUT2D eigenvalue weighted by Crippen LogP contribution is 2.16. The monoisotopic (exact) mass is 1020 g/mol. The van der Waals surface area contributed by atoms with E-state index in [0.29, 0.717) is 19.3 Å². The van der Waals surface area contributed by atoms with E-state index < -0.39 is 6.10 Å². The Kier molecular flexibility index (Phi) is 59.2. The SMILES string of the molecule is CCCCC/C=C\C/C=C\CCCCCCCCCCCC(=O)OCC(COC(=O)CCCCCCCCC/C=C\CCCCCCCCC)OC(=O)CCCCCCCCC/C=C\C/C=C\CCCCCC. The van der Waals surface area contributed by atoms with Crippen LogP contribution in [0.15, 0.2) is 60.8 Å². The van der Waals surface area contributed by atoms with Crippen molar-refractivity contribution >= 4 is 17.9 Å². The number of allylic oxidation sites excluding steroid dienone is 10. The third kappa shape index (κ3) is 59.9. The Morgan fingerprint density at radius 3 is 0.808 bits per heavy atom. The molecule has 0 bridgehead atoms. The minimum atomic E-state index is -0.783. The predicted octanol–water partition coefficient (Wildman–Crippen LogP) is 21.6. The Bertz CT molecular complexity index is 1310. The highest BCUT2D eigenvalue weighted by atomic mass is 16.6. The van der Waals surface area contributed by atoms with Crippen LogP contribution in [0, 0.1) is 0 Å². The number of carbonyl (C=O) groups is 3. The molecule has 0 radical (unpaired) electrons. The Morgan fingerprint density at radius 1 is 0.274 bits per heavy atom. The van der Waals surface area contributed by atoms with Gasteiger partial charge < -0.3 is 14.2 Å². The first-order valence-corrected chi connectivity index (χ1v) is 31.8. The van der Waals surface area contributed by atoms with Gasteiger partial charge >= 0.3 is 17.9 Å². The first-order valence-electron chi connectivity index (χ1n) is 31.8. The van der Waals surface area contributed by atoms with Crippen molar-refractivity contribution in [2.75, 3.05) is 13.2 Å². The van der Waals surface area contributed by atoms with Crippen molar-refractivity contribution in [2.45, 2.75) is 335 Å². The van der Waals surface area contributed by atoms with E-state index in [4.69, 9.17) is 14.2 Å². The van der Waals surface area contributed by atoms with Crippen molar-refractivity contribution in [3.8, 4) is 0 Å². The second kappa shape index (κ2) is 61.7. The van der Waals surface area contributed by atoms with E-state index in [0.717, 1.165) is 77.0 Å². The lowest BCUT2D eigenvalue weighted by atomic mass is 10.1. The van der Waals surface area contributed by atoms with Crippen molar-refractivity contribution in [1.82, 2.24) is 0 Å². The average molecular weight is 1020 g/mol. The largest absolute Gasteiger partial charge is 0.462 e. The molecule has 0 aliphatic heterocycles. The van der Waals surface area contributed by atoms with Crippen LogP contribution in [-0.4, -0.2) is 37.2 Å². The van der Waals surface area contributed by atoms with Crippen LogP contribution in [-0.2, 0) is 28.6 Å². The molecule has 0 spiro atoms. The van der Waals surface area contributed by atoms with Gasteiger partial charge in [-0.05, 0) is 109 Å². The third-order valence-corrected chi connectivity index (χ3v) is 14.0. The van der Waals surface area contributed by atoms with Gasteiger partial charge in [0.1, 0.15) is 13.2 Å². The van der Waals surface area contributed by atoms with Gasteiger partial charge in [0.2, 0.25) is 0 Å². The summed E-state index contributed by atoms with van der Waals surface area (Å²) in [6, 6.07) is 0. The lowest BCUT2D eigenvalue weighted by Gasteiger charge is -2.18. The van der Waals surface area contributed by atoms with Gasteiger partial charge in [0.25, 0.3) is 0 Å². The molecule has 0 N–H and O–H groups in total. The molecule has 0 amide bonds. The molecule has 1 unspecified atom stereocenters.